The van der Waals surface area contributed by atoms with E-state index in [-0.39, 0.29) is 0 Å². The molecule has 0 spiro atoms. The second-order valence-corrected chi connectivity index (χ2v) is 13.4. The molecule has 0 fully saturated rings. The van der Waals surface area contributed by atoms with Gasteiger partial charge in [0.2, 0.25) is 0 Å². The molecule has 0 amide bonds. The Bertz CT molecular complexity index is 718. The molecule has 0 atom stereocenters. The zero-order valence-corrected chi connectivity index (χ0v) is 14.3. The van der Waals surface area contributed by atoms with Gasteiger partial charge >= 0.3 is 135 Å². The van der Waals surface area contributed by atoms with Gasteiger partial charge in [0.25, 0.3) is 0 Å². The topological polar surface area (TPSA) is 57.5 Å². The van der Waals surface area contributed by atoms with Crippen molar-refractivity contribution in [2.24, 2.45) is 0 Å². The van der Waals surface area contributed by atoms with Crippen molar-refractivity contribution in [3.05, 3.63) is 91.0 Å². The number of benzene rings is 3. The summed E-state index contributed by atoms with van der Waals surface area (Å²) >= 11 is 0. The standard InChI is InChI=1S/C18H18O3P2/c19-23(20,21)22(16-10-4-1-5-11-16,17-12-6-2-7-13-17)18-14-8-3-9-15-18/h1-15,22H,(H2,19,20,21). The summed E-state index contributed by atoms with van der Waals surface area (Å²) in [5, 5.41) is 2.14. The van der Waals surface area contributed by atoms with Crippen LogP contribution < -0.4 is 15.9 Å². The molecule has 0 aliphatic heterocycles. The van der Waals surface area contributed by atoms with Gasteiger partial charge in [0, 0.05) is 0 Å². The van der Waals surface area contributed by atoms with Crippen LogP contribution in [0.3, 0.4) is 0 Å². The van der Waals surface area contributed by atoms with Crippen molar-refractivity contribution >= 4 is 30.1 Å². The van der Waals surface area contributed by atoms with Gasteiger partial charge in [-0.1, -0.05) is 0 Å². The summed E-state index contributed by atoms with van der Waals surface area (Å²) in [4.78, 5) is 20.9. The van der Waals surface area contributed by atoms with Gasteiger partial charge in [-0.2, -0.15) is 0 Å². The van der Waals surface area contributed by atoms with Gasteiger partial charge in [-0.25, -0.2) is 0 Å². The Morgan fingerprint density at radius 3 is 1.04 bits per heavy atom. The average molecular weight is 344 g/mol. The SMILES string of the molecule is O=P(O)(O)[PH](c1ccccc1)(c1ccccc1)c1ccccc1. The second kappa shape index (κ2) is 6.39. The van der Waals surface area contributed by atoms with Crippen molar-refractivity contribution in [1.82, 2.24) is 0 Å². The minimum atomic E-state index is -4.43. The van der Waals surface area contributed by atoms with E-state index in [1.807, 2.05) is 91.0 Å². The fourth-order valence-corrected chi connectivity index (χ4v) is 11.4. The zero-order chi connectivity index (χ0) is 16.3. The molecule has 0 saturated heterocycles. The third-order valence-electron chi connectivity index (χ3n) is 4.01. The molecule has 0 unspecified atom stereocenters. The maximum atomic E-state index is 12.8. The first-order valence-corrected chi connectivity index (χ1v) is 11.7. The molecule has 0 saturated carbocycles. The van der Waals surface area contributed by atoms with Crippen LogP contribution in [0.15, 0.2) is 91.0 Å². The molecule has 0 radical (unpaired) electrons. The van der Waals surface area contributed by atoms with Crippen molar-refractivity contribution in [2.75, 3.05) is 0 Å². The van der Waals surface area contributed by atoms with Gasteiger partial charge in [-0.3, -0.25) is 0 Å². The second-order valence-electron chi connectivity index (χ2n) is 5.35. The van der Waals surface area contributed by atoms with Gasteiger partial charge in [-0.05, 0) is 0 Å². The van der Waals surface area contributed by atoms with Crippen LogP contribution in [-0.4, -0.2) is 9.79 Å². The fraction of sp³-hybridized carbons (Fsp3) is 0. The molecule has 3 aromatic carbocycles. The van der Waals surface area contributed by atoms with E-state index in [0.29, 0.717) is 15.9 Å². The normalized spacial score (nSPS) is 12.8. The molecule has 3 rings (SSSR count). The van der Waals surface area contributed by atoms with Crippen LogP contribution >= 0.6 is 14.2 Å². The van der Waals surface area contributed by atoms with Crippen molar-refractivity contribution in [3.63, 3.8) is 0 Å². The van der Waals surface area contributed by atoms with Gasteiger partial charge in [0.15, 0.2) is 0 Å². The van der Waals surface area contributed by atoms with Gasteiger partial charge in [-0.15, -0.1) is 0 Å². The Balaban J connectivity index is 2.44. The summed E-state index contributed by atoms with van der Waals surface area (Å²) in [5.41, 5.74) is 0. The average Bonchev–Trinajstić information content (AvgIpc) is 2.57. The van der Waals surface area contributed by atoms with E-state index in [1.165, 1.54) is 0 Å². The molecular formula is C18H18O3P2. The van der Waals surface area contributed by atoms with E-state index < -0.39 is 14.2 Å². The summed E-state index contributed by atoms with van der Waals surface area (Å²) in [6.45, 7) is -3.46. The Morgan fingerprint density at radius 2 is 0.826 bits per heavy atom. The number of hydrogen-bond acceptors (Lipinski definition) is 1. The van der Waals surface area contributed by atoms with E-state index in [4.69, 9.17) is 0 Å². The predicted molar refractivity (Wildman–Crippen MR) is 98.6 cm³/mol. The Morgan fingerprint density at radius 1 is 0.565 bits per heavy atom. The summed E-state index contributed by atoms with van der Waals surface area (Å²) in [6, 6.07) is 27.5. The summed E-state index contributed by atoms with van der Waals surface area (Å²) < 4.78 is 12.8. The third kappa shape index (κ3) is 2.78. The third-order valence-corrected chi connectivity index (χ3v) is 13.3. The molecule has 118 valence electrons. The van der Waals surface area contributed by atoms with Crippen LogP contribution in [-0.2, 0) is 4.57 Å². The van der Waals surface area contributed by atoms with E-state index in [9.17, 15) is 14.4 Å². The van der Waals surface area contributed by atoms with E-state index in [1.54, 1.807) is 0 Å². The maximum absolute atomic E-state index is 12.8. The van der Waals surface area contributed by atoms with Crippen LogP contribution in [0.4, 0.5) is 0 Å². The van der Waals surface area contributed by atoms with Crippen molar-refractivity contribution in [1.29, 1.82) is 0 Å². The molecule has 0 heterocycles. The molecule has 23 heavy (non-hydrogen) atoms. The summed E-state index contributed by atoms with van der Waals surface area (Å²) in [6.07, 6.45) is 0. The van der Waals surface area contributed by atoms with Crippen molar-refractivity contribution in [2.45, 2.75) is 0 Å². The molecular weight excluding hydrogens is 326 g/mol. The molecule has 0 bridgehead atoms. The van der Waals surface area contributed by atoms with Crippen molar-refractivity contribution in [3.8, 4) is 0 Å². The van der Waals surface area contributed by atoms with Gasteiger partial charge in [0.05, 0.1) is 0 Å². The van der Waals surface area contributed by atoms with Gasteiger partial charge in [0.1, 0.15) is 0 Å². The molecule has 3 nitrogen and oxygen atoms in total. The van der Waals surface area contributed by atoms with Crippen LogP contribution in [0, 0.1) is 0 Å². The quantitative estimate of drug-likeness (QED) is 0.716. The first-order valence-electron chi connectivity index (χ1n) is 7.29. The summed E-state index contributed by atoms with van der Waals surface area (Å²) in [5.74, 6) is 0. The van der Waals surface area contributed by atoms with Crippen LogP contribution in [0.25, 0.3) is 0 Å². The summed E-state index contributed by atoms with van der Waals surface area (Å²) in [7, 11) is -4.43. The van der Waals surface area contributed by atoms with Crippen molar-refractivity contribution < 1.29 is 14.4 Å². The van der Waals surface area contributed by atoms with Gasteiger partial charge < -0.3 is 0 Å². The molecule has 0 aliphatic rings. The fourth-order valence-electron chi connectivity index (χ4n) is 3.04. The number of hydrogen-bond donors (Lipinski definition) is 2. The Labute approximate surface area is 136 Å². The number of rotatable bonds is 4. The van der Waals surface area contributed by atoms with Crippen LogP contribution in [0.1, 0.15) is 0 Å². The molecule has 0 aromatic heterocycles. The molecule has 2 N–H and O–H groups in total. The minimum absolute atomic E-state index is 0.714. The van der Waals surface area contributed by atoms with Crippen LogP contribution in [0.5, 0.6) is 0 Å². The first-order chi connectivity index (χ1) is 11.1. The van der Waals surface area contributed by atoms with E-state index in [2.05, 4.69) is 0 Å². The van der Waals surface area contributed by atoms with E-state index in [0.717, 1.165) is 0 Å². The predicted octanol–water partition coefficient (Wildman–Crippen LogP) is 2.81. The zero-order valence-electron chi connectivity index (χ0n) is 12.4. The molecule has 5 heteroatoms. The van der Waals surface area contributed by atoms with Crippen LogP contribution in [0.2, 0.25) is 0 Å². The van der Waals surface area contributed by atoms with E-state index >= 15 is 0 Å². The Kier molecular flexibility index (Phi) is 4.48. The molecule has 0 aliphatic carbocycles. The first kappa shape index (κ1) is 16.1. The molecule has 3 aromatic rings. The Hall–Kier alpha value is -1.76. The monoisotopic (exact) mass is 344 g/mol.